The second kappa shape index (κ2) is 10.0. The van der Waals surface area contributed by atoms with Crippen molar-refractivity contribution in [3.05, 3.63) is 71.3 Å². The van der Waals surface area contributed by atoms with Crippen molar-refractivity contribution in [2.24, 2.45) is 7.05 Å². The van der Waals surface area contributed by atoms with Gasteiger partial charge in [-0.1, -0.05) is 11.8 Å². The third kappa shape index (κ3) is 5.44. The highest BCUT2D eigenvalue weighted by molar-refractivity contribution is 7.99. The molecule has 3 rings (SSSR count). The molecule has 0 spiro atoms. The fourth-order valence-corrected chi connectivity index (χ4v) is 3.49. The highest BCUT2D eigenvalue weighted by Gasteiger charge is 2.13. The Labute approximate surface area is 177 Å². The second-order valence-electron chi connectivity index (χ2n) is 6.41. The van der Waals surface area contributed by atoms with Crippen molar-refractivity contribution in [3.63, 3.8) is 0 Å². The van der Waals surface area contributed by atoms with Crippen molar-refractivity contribution < 1.29 is 18.7 Å². The van der Waals surface area contributed by atoms with Gasteiger partial charge < -0.3 is 14.6 Å². The lowest BCUT2D eigenvalue weighted by Gasteiger charge is -2.06. The first-order chi connectivity index (χ1) is 14.5. The van der Waals surface area contributed by atoms with Crippen LogP contribution in [0.2, 0.25) is 0 Å². The van der Waals surface area contributed by atoms with Crippen molar-refractivity contribution >= 4 is 23.5 Å². The van der Waals surface area contributed by atoms with Crippen LogP contribution in [0.3, 0.4) is 0 Å². The highest BCUT2D eigenvalue weighted by Crippen LogP contribution is 2.19. The number of aromatic nitrogens is 3. The Balaban J connectivity index is 1.49. The number of amides is 1. The predicted octanol–water partition coefficient (Wildman–Crippen LogP) is 2.91. The van der Waals surface area contributed by atoms with E-state index in [2.05, 4.69) is 15.5 Å². The number of hydrogen-bond donors (Lipinski definition) is 1. The number of carbonyl (C=O) groups excluding carboxylic acids is 2. The zero-order chi connectivity index (χ0) is 21.5. The summed E-state index contributed by atoms with van der Waals surface area (Å²) in [4.78, 5) is 24.4. The number of ether oxygens (including phenoxy) is 1. The molecule has 0 radical (unpaired) electrons. The lowest BCUT2D eigenvalue weighted by Crippen LogP contribution is -2.26. The number of hydrogen-bond acceptors (Lipinski definition) is 6. The molecule has 3 aromatic rings. The van der Waals surface area contributed by atoms with E-state index in [1.165, 1.54) is 36.0 Å². The predicted molar refractivity (Wildman–Crippen MR) is 111 cm³/mol. The fraction of sp³-hybridized carbons (Fsp3) is 0.238. The molecule has 0 saturated heterocycles. The molecule has 7 nitrogen and oxygen atoms in total. The number of rotatable bonds is 9. The molecule has 0 unspecified atom stereocenters. The largest absolute Gasteiger partial charge is 0.497 e. The summed E-state index contributed by atoms with van der Waals surface area (Å²) in [6.45, 7) is 0.359. The number of halogens is 1. The van der Waals surface area contributed by atoms with Crippen molar-refractivity contribution in [3.8, 4) is 5.75 Å². The number of methoxy groups -OCH3 is 1. The molecule has 0 atom stereocenters. The topological polar surface area (TPSA) is 86.1 Å². The van der Waals surface area contributed by atoms with Gasteiger partial charge in [-0.05, 0) is 48.5 Å². The Morgan fingerprint density at radius 2 is 1.73 bits per heavy atom. The lowest BCUT2D eigenvalue weighted by molar-refractivity contribution is 0.0952. The monoisotopic (exact) mass is 428 g/mol. The number of thioether (sulfide) groups is 1. The van der Waals surface area contributed by atoms with Crippen LogP contribution < -0.4 is 10.1 Å². The molecule has 1 heterocycles. The molecule has 9 heteroatoms. The molecule has 1 amide bonds. The minimum Gasteiger partial charge on any atom is -0.497 e. The molecule has 30 heavy (non-hydrogen) atoms. The first-order valence-electron chi connectivity index (χ1n) is 9.20. The molecule has 1 N–H and O–H groups in total. The van der Waals surface area contributed by atoms with Gasteiger partial charge in [0.2, 0.25) is 0 Å². The van der Waals surface area contributed by atoms with Crippen LogP contribution in [0.15, 0.2) is 53.7 Å². The number of carbonyl (C=O) groups is 2. The smallest absolute Gasteiger partial charge is 0.251 e. The number of ketones is 1. The number of benzene rings is 2. The lowest BCUT2D eigenvalue weighted by atomic mass is 10.1. The van der Waals surface area contributed by atoms with Crippen LogP contribution >= 0.6 is 11.8 Å². The molecule has 156 valence electrons. The number of nitrogens with one attached hydrogen (secondary N) is 1. The normalized spacial score (nSPS) is 10.6. The molecule has 0 fully saturated rings. The van der Waals surface area contributed by atoms with Gasteiger partial charge in [-0.25, -0.2) is 4.39 Å². The number of nitrogens with zero attached hydrogens (tertiary/aromatic N) is 3. The van der Waals surface area contributed by atoms with Crippen LogP contribution in [0.1, 0.15) is 26.5 Å². The summed E-state index contributed by atoms with van der Waals surface area (Å²) in [5.74, 6) is 0.939. The van der Waals surface area contributed by atoms with Crippen molar-refractivity contribution in [2.75, 3.05) is 19.4 Å². The Hall–Kier alpha value is -3.20. The van der Waals surface area contributed by atoms with E-state index in [1.54, 1.807) is 35.9 Å². The summed E-state index contributed by atoms with van der Waals surface area (Å²) in [5.41, 5.74) is 0.997. The number of Topliss-reactive ketones (excluding diaryl/α,β-unsaturated/α-hetero) is 1. The molecule has 1 aromatic heterocycles. The van der Waals surface area contributed by atoms with Gasteiger partial charge in [0.05, 0.1) is 12.9 Å². The molecule has 0 bridgehead atoms. The zero-order valence-electron chi connectivity index (χ0n) is 16.6. The van der Waals surface area contributed by atoms with Crippen LogP contribution in [-0.4, -0.2) is 45.9 Å². The van der Waals surface area contributed by atoms with E-state index in [-0.39, 0.29) is 23.3 Å². The van der Waals surface area contributed by atoms with E-state index in [4.69, 9.17) is 4.74 Å². The molecule has 2 aromatic carbocycles. The van der Waals surface area contributed by atoms with Crippen LogP contribution in [0, 0.1) is 5.82 Å². The van der Waals surface area contributed by atoms with Gasteiger partial charge in [-0.15, -0.1) is 10.2 Å². The maximum absolute atomic E-state index is 12.9. The van der Waals surface area contributed by atoms with Gasteiger partial charge in [0.15, 0.2) is 10.9 Å². The zero-order valence-corrected chi connectivity index (χ0v) is 17.4. The first-order valence-corrected chi connectivity index (χ1v) is 10.2. The summed E-state index contributed by atoms with van der Waals surface area (Å²) < 4.78 is 19.8. The van der Waals surface area contributed by atoms with Crippen LogP contribution in [-0.2, 0) is 13.5 Å². The Morgan fingerprint density at radius 3 is 2.40 bits per heavy atom. The van der Waals surface area contributed by atoms with Gasteiger partial charge >= 0.3 is 0 Å². The average molecular weight is 428 g/mol. The standard InChI is InChI=1S/C21H21FN4O3S/c1-26-19(11-12-23-20(28)15-3-7-16(22)8-4-15)24-25-21(26)30-13-18(27)14-5-9-17(29-2)10-6-14/h3-10H,11-13H2,1-2H3,(H,23,28). The summed E-state index contributed by atoms with van der Waals surface area (Å²) in [6, 6.07) is 12.3. The summed E-state index contributed by atoms with van der Waals surface area (Å²) >= 11 is 1.30. The maximum atomic E-state index is 12.9. The summed E-state index contributed by atoms with van der Waals surface area (Å²) in [7, 11) is 3.39. The second-order valence-corrected chi connectivity index (χ2v) is 7.35. The Kier molecular flexibility index (Phi) is 7.18. The van der Waals surface area contributed by atoms with E-state index in [9.17, 15) is 14.0 Å². The minimum atomic E-state index is -0.388. The Bertz CT molecular complexity index is 1020. The van der Waals surface area contributed by atoms with E-state index in [0.717, 1.165) is 0 Å². The van der Waals surface area contributed by atoms with Crippen molar-refractivity contribution in [1.29, 1.82) is 0 Å². The van der Waals surface area contributed by atoms with Gasteiger partial charge in [0.25, 0.3) is 5.91 Å². The van der Waals surface area contributed by atoms with Gasteiger partial charge in [-0.2, -0.15) is 0 Å². The molecule has 0 aliphatic heterocycles. The Morgan fingerprint density at radius 1 is 1.07 bits per heavy atom. The SMILES string of the molecule is COc1ccc(C(=O)CSc2nnc(CCNC(=O)c3ccc(F)cc3)n2C)cc1. The molecular weight excluding hydrogens is 407 g/mol. The third-order valence-corrected chi connectivity index (χ3v) is 5.43. The summed E-state index contributed by atoms with van der Waals surface area (Å²) in [5, 5.41) is 11.7. The summed E-state index contributed by atoms with van der Waals surface area (Å²) in [6.07, 6.45) is 0.476. The van der Waals surface area contributed by atoms with Crippen LogP contribution in [0.25, 0.3) is 0 Å². The van der Waals surface area contributed by atoms with E-state index < -0.39 is 0 Å². The molecule has 0 aliphatic rings. The van der Waals surface area contributed by atoms with Crippen LogP contribution in [0.5, 0.6) is 5.75 Å². The quantitative estimate of drug-likeness (QED) is 0.417. The third-order valence-electron chi connectivity index (χ3n) is 4.41. The van der Waals surface area contributed by atoms with Crippen LogP contribution in [0.4, 0.5) is 4.39 Å². The van der Waals surface area contributed by atoms with E-state index in [0.29, 0.717) is 40.8 Å². The van der Waals surface area contributed by atoms with Crippen molar-refractivity contribution in [1.82, 2.24) is 20.1 Å². The van der Waals surface area contributed by atoms with Gasteiger partial charge in [-0.3, -0.25) is 9.59 Å². The minimum absolute atomic E-state index is 0.0150. The molecule has 0 saturated carbocycles. The van der Waals surface area contributed by atoms with E-state index >= 15 is 0 Å². The fourth-order valence-electron chi connectivity index (χ4n) is 2.67. The maximum Gasteiger partial charge on any atom is 0.251 e. The van der Waals surface area contributed by atoms with Gasteiger partial charge in [0, 0.05) is 31.1 Å². The first kappa shape index (κ1) is 21.5. The van der Waals surface area contributed by atoms with Crippen molar-refractivity contribution in [2.45, 2.75) is 11.6 Å². The average Bonchev–Trinajstić information content (AvgIpc) is 3.12. The molecule has 0 aliphatic carbocycles. The van der Waals surface area contributed by atoms with E-state index in [1.807, 2.05) is 7.05 Å². The molecular formula is C21H21FN4O3S. The van der Waals surface area contributed by atoms with Gasteiger partial charge in [0.1, 0.15) is 17.4 Å². The highest BCUT2D eigenvalue weighted by atomic mass is 32.2.